The third kappa shape index (κ3) is 1.32. The van der Waals surface area contributed by atoms with Crippen molar-refractivity contribution >= 4 is 15.9 Å². The lowest BCUT2D eigenvalue weighted by atomic mass is 9.91. The lowest BCUT2D eigenvalue weighted by Crippen LogP contribution is -2.18. The summed E-state index contributed by atoms with van der Waals surface area (Å²) in [6.45, 7) is 1.20. The molecule has 1 atom stereocenters. The highest BCUT2D eigenvalue weighted by atomic mass is 79.9. The maximum atomic E-state index is 3.63. The molecule has 14 heavy (non-hydrogen) atoms. The summed E-state index contributed by atoms with van der Waals surface area (Å²) in [6.07, 6.45) is 4.20. The molecule has 2 fully saturated rings. The quantitative estimate of drug-likeness (QED) is 0.808. The third-order valence-electron chi connectivity index (χ3n) is 3.68. The zero-order valence-electron chi connectivity index (χ0n) is 8.09. The monoisotopic (exact) mass is 251 g/mol. The fourth-order valence-corrected chi connectivity index (χ4v) is 2.92. The molecule has 1 unspecified atom stereocenters. The molecule has 0 radical (unpaired) electrons. The summed E-state index contributed by atoms with van der Waals surface area (Å²) in [4.78, 5) is 0. The molecule has 1 nitrogen and oxygen atoms in total. The van der Waals surface area contributed by atoms with Crippen molar-refractivity contribution in [3.8, 4) is 0 Å². The van der Waals surface area contributed by atoms with Gasteiger partial charge >= 0.3 is 0 Å². The topological polar surface area (TPSA) is 12.0 Å². The molecule has 2 heteroatoms. The maximum absolute atomic E-state index is 3.63. The largest absolute Gasteiger partial charge is 0.309 e. The van der Waals surface area contributed by atoms with Crippen LogP contribution < -0.4 is 5.32 Å². The highest BCUT2D eigenvalue weighted by Crippen LogP contribution is 2.59. The molecule has 1 saturated heterocycles. The molecule has 1 aromatic carbocycles. The van der Waals surface area contributed by atoms with E-state index in [0.29, 0.717) is 11.5 Å². The highest BCUT2D eigenvalue weighted by molar-refractivity contribution is 9.10. The van der Waals surface area contributed by atoms with Gasteiger partial charge in [0.05, 0.1) is 0 Å². The van der Waals surface area contributed by atoms with E-state index in [1.54, 1.807) is 0 Å². The Morgan fingerprint density at radius 3 is 2.50 bits per heavy atom. The molecule has 1 heterocycles. The predicted octanol–water partition coefficient (Wildman–Crippen LogP) is 3.26. The first-order valence-electron chi connectivity index (χ1n) is 5.29. The van der Waals surface area contributed by atoms with Crippen LogP contribution in [0.2, 0.25) is 0 Å². The summed E-state index contributed by atoms with van der Waals surface area (Å²) in [6, 6.07) is 9.40. The normalized spacial score (nSPS) is 28.2. The summed E-state index contributed by atoms with van der Waals surface area (Å²) in [5, 5.41) is 3.63. The van der Waals surface area contributed by atoms with Crippen molar-refractivity contribution in [2.75, 3.05) is 6.54 Å². The third-order valence-corrected chi connectivity index (χ3v) is 4.21. The molecule has 1 aromatic rings. The molecule has 1 spiro atoms. The summed E-state index contributed by atoms with van der Waals surface area (Å²) in [5.74, 6) is 0. The van der Waals surface area contributed by atoms with Crippen LogP contribution in [-0.2, 0) is 0 Å². The Kier molecular flexibility index (Phi) is 1.96. The maximum Gasteiger partial charge on any atom is 0.0377 e. The van der Waals surface area contributed by atoms with Crippen LogP contribution in [0, 0.1) is 5.41 Å². The summed E-state index contributed by atoms with van der Waals surface area (Å²) in [7, 11) is 0. The van der Waals surface area contributed by atoms with E-state index >= 15 is 0 Å². The van der Waals surface area contributed by atoms with Crippen molar-refractivity contribution in [2.45, 2.75) is 25.3 Å². The molecule has 2 aliphatic rings. The van der Waals surface area contributed by atoms with Gasteiger partial charge in [0, 0.05) is 10.5 Å². The average Bonchev–Trinajstić information content (AvgIpc) is 2.82. The zero-order chi connectivity index (χ0) is 9.60. The van der Waals surface area contributed by atoms with Gasteiger partial charge in [0.25, 0.3) is 0 Å². The van der Waals surface area contributed by atoms with Crippen LogP contribution in [0.5, 0.6) is 0 Å². The van der Waals surface area contributed by atoms with Gasteiger partial charge < -0.3 is 5.32 Å². The molecular weight excluding hydrogens is 238 g/mol. The van der Waals surface area contributed by atoms with Gasteiger partial charge in [-0.05, 0) is 48.9 Å². The fourth-order valence-electron chi connectivity index (χ4n) is 2.65. The number of hydrogen-bond donors (Lipinski definition) is 1. The Balaban J connectivity index is 1.91. The average molecular weight is 252 g/mol. The smallest absolute Gasteiger partial charge is 0.0377 e. The Morgan fingerprint density at radius 2 is 1.86 bits per heavy atom. The Morgan fingerprint density at radius 1 is 1.14 bits per heavy atom. The van der Waals surface area contributed by atoms with Gasteiger partial charge in [0.15, 0.2) is 0 Å². The molecule has 0 bridgehead atoms. The molecule has 1 aliphatic heterocycles. The first-order valence-corrected chi connectivity index (χ1v) is 6.08. The first kappa shape index (κ1) is 8.93. The van der Waals surface area contributed by atoms with Gasteiger partial charge in [-0.3, -0.25) is 0 Å². The van der Waals surface area contributed by atoms with Crippen molar-refractivity contribution in [1.82, 2.24) is 5.32 Å². The second-order valence-corrected chi connectivity index (χ2v) is 5.47. The minimum atomic E-state index is 0.621. The van der Waals surface area contributed by atoms with E-state index in [1.165, 1.54) is 35.8 Å². The van der Waals surface area contributed by atoms with Crippen LogP contribution >= 0.6 is 15.9 Å². The number of hydrogen-bond acceptors (Lipinski definition) is 1. The van der Waals surface area contributed by atoms with Crippen LogP contribution in [0.1, 0.15) is 30.9 Å². The van der Waals surface area contributed by atoms with Crippen molar-refractivity contribution < 1.29 is 0 Å². The molecular formula is C12H14BrN. The molecule has 1 aliphatic carbocycles. The SMILES string of the molecule is Brc1ccc(C2NCCC23CC3)cc1. The van der Waals surface area contributed by atoms with Crippen LogP contribution in [0.3, 0.4) is 0 Å². The van der Waals surface area contributed by atoms with E-state index < -0.39 is 0 Å². The number of halogens is 1. The Hall–Kier alpha value is -0.340. The van der Waals surface area contributed by atoms with E-state index in [1.807, 2.05) is 0 Å². The number of nitrogens with one attached hydrogen (secondary N) is 1. The molecule has 74 valence electrons. The van der Waals surface area contributed by atoms with Crippen molar-refractivity contribution in [2.24, 2.45) is 5.41 Å². The summed E-state index contributed by atoms with van der Waals surface area (Å²) >= 11 is 3.48. The molecule has 0 amide bonds. The predicted molar refractivity (Wildman–Crippen MR) is 61.2 cm³/mol. The Labute approximate surface area is 93.0 Å². The van der Waals surface area contributed by atoms with Crippen LogP contribution in [0.4, 0.5) is 0 Å². The zero-order valence-corrected chi connectivity index (χ0v) is 9.68. The van der Waals surface area contributed by atoms with Crippen molar-refractivity contribution in [3.05, 3.63) is 34.3 Å². The van der Waals surface area contributed by atoms with Gasteiger partial charge in [-0.15, -0.1) is 0 Å². The first-order chi connectivity index (χ1) is 6.80. The second kappa shape index (κ2) is 3.07. The van der Waals surface area contributed by atoms with Gasteiger partial charge in [-0.2, -0.15) is 0 Å². The van der Waals surface area contributed by atoms with E-state index in [4.69, 9.17) is 0 Å². The standard InChI is InChI=1S/C12H14BrN/c13-10-3-1-9(2-4-10)11-12(5-6-12)7-8-14-11/h1-4,11,14H,5-8H2. The van der Waals surface area contributed by atoms with Crippen molar-refractivity contribution in [1.29, 1.82) is 0 Å². The minimum absolute atomic E-state index is 0.621. The van der Waals surface area contributed by atoms with Gasteiger partial charge in [-0.1, -0.05) is 28.1 Å². The second-order valence-electron chi connectivity index (χ2n) is 4.55. The molecule has 3 rings (SSSR count). The fraction of sp³-hybridized carbons (Fsp3) is 0.500. The van der Waals surface area contributed by atoms with Gasteiger partial charge in [0.1, 0.15) is 0 Å². The highest BCUT2D eigenvalue weighted by Gasteiger charge is 2.52. The van der Waals surface area contributed by atoms with Gasteiger partial charge in [0.2, 0.25) is 0 Å². The van der Waals surface area contributed by atoms with E-state index in [2.05, 4.69) is 45.5 Å². The van der Waals surface area contributed by atoms with E-state index in [0.717, 1.165) is 0 Å². The molecule has 1 saturated carbocycles. The minimum Gasteiger partial charge on any atom is -0.309 e. The van der Waals surface area contributed by atoms with Gasteiger partial charge in [-0.25, -0.2) is 0 Å². The molecule has 1 N–H and O–H groups in total. The van der Waals surface area contributed by atoms with Crippen LogP contribution in [-0.4, -0.2) is 6.54 Å². The Bertz CT molecular complexity index is 340. The van der Waals surface area contributed by atoms with Crippen molar-refractivity contribution in [3.63, 3.8) is 0 Å². The summed E-state index contributed by atoms with van der Waals surface area (Å²) in [5.41, 5.74) is 2.09. The van der Waals surface area contributed by atoms with E-state index in [-0.39, 0.29) is 0 Å². The lowest BCUT2D eigenvalue weighted by molar-refractivity contribution is 0.443. The number of rotatable bonds is 1. The number of benzene rings is 1. The lowest BCUT2D eigenvalue weighted by Gasteiger charge is -2.18. The summed E-state index contributed by atoms with van der Waals surface area (Å²) < 4.78 is 1.17. The van der Waals surface area contributed by atoms with Crippen LogP contribution in [0.15, 0.2) is 28.7 Å². The van der Waals surface area contributed by atoms with E-state index in [9.17, 15) is 0 Å². The molecule has 0 aromatic heterocycles. The van der Waals surface area contributed by atoms with Crippen LogP contribution in [0.25, 0.3) is 0 Å².